The summed E-state index contributed by atoms with van der Waals surface area (Å²) in [5.41, 5.74) is 0.754. The quantitative estimate of drug-likeness (QED) is 0.662. The van der Waals surface area contributed by atoms with Crippen molar-refractivity contribution in [3.8, 4) is 0 Å². The lowest BCUT2D eigenvalue weighted by atomic mass is 10.1. The summed E-state index contributed by atoms with van der Waals surface area (Å²) in [4.78, 5) is 12.2. The van der Waals surface area contributed by atoms with Crippen LogP contribution in [0.15, 0.2) is 65.3 Å². The van der Waals surface area contributed by atoms with Gasteiger partial charge in [-0.05, 0) is 30.5 Å². The van der Waals surface area contributed by atoms with Gasteiger partial charge < -0.3 is 20.2 Å². The molecule has 0 spiro atoms. The van der Waals surface area contributed by atoms with E-state index in [1.807, 2.05) is 49.4 Å². The first-order valence-corrected chi connectivity index (χ1v) is 7.90. The minimum atomic E-state index is -0.743. The summed E-state index contributed by atoms with van der Waals surface area (Å²) in [6.45, 7) is 1.84. The molecule has 2 aromatic carbocycles. The maximum absolute atomic E-state index is 12.2. The standard InChI is InChI=1S/C19H20N2O3/c1-13(12-17(22)18-10-5-11-24-18)20-19(23)21-16-9-4-7-14-6-2-3-8-15(14)16/h2-11,13,17,22H,12H2,1H3,(H2,20,21,23). The number of aliphatic hydroxyl groups excluding tert-OH is 1. The number of hydrogen-bond donors (Lipinski definition) is 3. The fourth-order valence-electron chi connectivity index (χ4n) is 2.71. The SMILES string of the molecule is CC(CC(O)c1ccco1)NC(=O)Nc1cccc2ccccc12. The van der Waals surface area contributed by atoms with Crippen LogP contribution in [0.25, 0.3) is 10.8 Å². The van der Waals surface area contributed by atoms with Crippen molar-refractivity contribution in [3.05, 3.63) is 66.6 Å². The maximum atomic E-state index is 12.2. The number of rotatable bonds is 5. The van der Waals surface area contributed by atoms with E-state index in [0.29, 0.717) is 12.2 Å². The van der Waals surface area contributed by atoms with E-state index in [0.717, 1.165) is 16.5 Å². The second-order valence-corrected chi connectivity index (χ2v) is 5.79. The summed E-state index contributed by atoms with van der Waals surface area (Å²) in [7, 11) is 0. The normalized spacial score (nSPS) is 13.4. The van der Waals surface area contributed by atoms with E-state index in [1.165, 1.54) is 6.26 Å². The van der Waals surface area contributed by atoms with Crippen LogP contribution in [0, 0.1) is 0 Å². The molecule has 2 amide bonds. The van der Waals surface area contributed by atoms with Gasteiger partial charge in [0, 0.05) is 17.8 Å². The number of fused-ring (bicyclic) bond motifs is 1. The maximum Gasteiger partial charge on any atom is 0.319 e. The van der Waals surface area contributed by atoms with Gasteiger partial charge >= 0.3 is 6.03 Å². The number of benzene rings is 2. The molecule has 0 saturated heterocycles. The van der Waals surface area contributed by atoms with E-state index >= 15 is 0 Å². The predicted molar refractivity (Wildman–Crippen MR) is 93.8 cm³/mol. The van der Waals surface area contributed by atoms with Crippen LogP contribution < -0.4 is 10.6 Å². The molecule has 24 heavy (non-hydrogen) atoms. The van der Waals surface area contributed by atoms with Gasteiger partial charge in [-0.3, -0.25) is 0 Å². The van der Waals surface area contributed by atoms with Gasteiger partial charge in [0.2, 0.25) is 0 Å². The first kappa shape index (κ1) is 16.1. The van der Waals surface area contributed by atoms with E-state index in [9.17, 15) is 9.90 Å². The summed E-state index contributed by atoms with van der Waals surface area (Å²) < 4.78 is 5.17. The highest BCUT2D eigenvalue weighted by Crippen LogP contribution is 2.23. The summed E-state index contributed by atoms with van der Waals surface area (Å²) in [6, 6.07) is 16.6. The summed E-state index contributed by atoms with van der Waals surface area (Å²) in [6.07, 6.45) is 1.15. The van der Waals surface area contributed by atoms with Crippen LogP contribution in [0.4, 0.5) is 10.5 Å². The van der Waals surface area contributed by atoms with Crippen molar-refractivity contribution < 1.29 is 14.3 Å². The average molecular weight is 324 g/mol. The molecule has 5 heteroatoms. The number of carbonyl (C=O) groups excluding carboxylic acids is 1. The van der Waals surface area contributed by atoms with Crippen LogP contribution in [-0.4, -0.2) is 17.2 Å². The lowest BCUT2D eigenvalue weighted by Gasteiger charge is -2.17. The topological polar surface area (TPSA) is 74.5 Å². The lowest BCUT2D eigenvalue weighted by Crippen LogP contribution is -2.37. The molecule has 3 rings (SSSR count). The number of anilines is 1. The smallest absolute Gasteiger partial charge is 0.319 e. The molecule has 1 heterocycles. The van der Waals surface area contributed by atoms with Crippen molar-refractivity contribution in [1.82, 2.24) is 5.32 Å². The van der Waals surface area contributed by atoms with E-state index < -0.39 is 6.10 Å². The van der Waals surface area contributed by atoms with E-state index in [1.54, 1.807) is 12.1 Å². The molecule has 2 unspecified atom stereocenters. The molecule has 0 saturated carbocycles. The van der Waals surface area contributed by atoms with Crippen LogP contribution in [0.3, 0.4) is 0 Å². The van der Waals surface area contributed by atoms with E-state index in [2.05, 4.69) is 10.6 Å². The zero-order chi connectivity index (χ0) is 16.9. The van der Waals surface area contributed by atoms with Crippen molar-refractivity contribution >= 4 is 22.5 Å². The summed E-state index contributed by atoms with van der Waals surface area (Å²) in [5.74, 6) is 0.498. The number of hydrogen-bond acceptors (Lipinski definition) is 3. The van der Waals surface area contributed by atoms with Crippen molar-refractivity contribution in [1.29, 1.82) is 0 Å². The fraction of sp³-hybridized carbons (Fsp3) is 0.211. The third-order valence-corrected chi connectivity index (χ3v) is 3.86. The zero-order valence-corrected chi connectivity index (χ0v) is 13.4. The number of nitrogens with one attached hydrogen (secondary N) is 2. The van der Waals surface area contributed by atoms with Crippen molar-refractivity contribution in [2.24, 2.45) is 0 Å². The van der Waals surface area contributed by atoms with Crippen molar-refractivity contribution in [2.75, 3.05) is 5.32 Å². The largest absolute Gasteiger partial charge is 0.467 e. The van der Waals surface area contributed by atoms with Gasteiger partial charge in [-0.25, -0.2) is 4.79 Å². The van der Waals surface area contributed by atoms with Crippen LogP contribution in [0.2, 0.25) is 0 Å². The van der Waals surface area contributed by atoms with Gasteiger partial charge in [0.25, 0.3) is 0 Å². The highest BCUT2D eigenvalue weighted by atomic mass is 16.4. The summed E-state index contributed by atoms with van der Waals surface area (Å²) >= 11 is 0. The second kappa shape index (κ2) is 7.19. The molecule has 124 valence electrons. The molecule has 0 aliphatic heterocycles. The Labute approximate surface area is 140 Å². The van der Waals surface area contributed by atoms with Crippen molar-refractivity contribution in [2.45, 2.75) is 25.5 Å². The highest BCUT2D eigenvalue weighted by Gasteiger charge is 2.16. The Morgan fingerprint density at radius 1 is 1.12 bits per heavy atom. The third kappa shape index (κ3) is 3.75. The molecule has 2 atom stereocenters. The molecule has 0 aliphatic carbocycles. The third-order valence-electron chi connectivity index (χ3n) is 3.86. The van der Waals surface area contributed by atoms with Gasteiger partial charge in [0.15, 0.2) is 0 Å². The minimum absolute atomic E-state index is 0.208. The van der Waals surface area contributed by atoms with Crippen LogP contribution >= 0.6 is 0 Å². The number of urea groups is 1. The first-order chi connectivity index (χ1) is 11.6. The Balaban J connectivity index is 1.60. The molecule has 5 nitrogen and oxygen atoms in total. The fourth-order valence-corrected chi connectivity index (χ4v) is 2.71. The number of carbonyl (C=O) groups is 1. The molecule has 0 bridgehead atoms. The molecule has 1 aromatic heterocycles. The van der Waals surface area contributed by atoms with Gasteiger partial charge in [-0.2, -0.15) is 0 Å². The highest BCUT2D eigenvalue weighted by molar-refractivity contribution is 6.01. The first-order valence-electron chi connectivity index (χ1n) is 7.90. The molecule has 3 aromatic rings. The molecular weight excluding hydrogens is 304 g/mol. The Hall–Kier alpha value is -2.79. The monoisotopic (exact) mass is 324 g/mol. The van der Waals surface area contributed by atoms with Crippen molar-refractivity contribution in [3.63, 3.8) is 0 Å². The van der Waals surface area contributed by atoms with Gasteiger partial charge in [0.1, 0.15) is 11.9 Å². The van der Waals surface area contributed by atoms with Gasteiger partial charge in [-0.15, -0.1) is 0 Å². The Kier molecular flexibility index (Phi) is 4.82. The van der Waals surface area contributed by atoms with Gasteiger partial charge in [0.05, 0.1) is 12.0 Å². The average Bonchev–Trinajstić information content (AvgIpc) is 3.09. The van der Waals surface area contributed by atoms with Crippen LogP contribution in [-0.2, 0) is 0 Å². The van der Waals surface area contributed by atoms with E-state index in [-0.39, 0.29) is 12.1 Å². The molecular formula is C19H20N2O3. The second-order valence-electron chi connectivity index (χ2n) is 5.79. The van der Waals surface area contributed by atoms with Crippen LogP contribution in [0.1, 0.15) is 25.2 Å². The Morgan fingerprint density at radius 2 is 1.92 bits per heavy atom. The zero-order valence-electron chi connectivity index (χ0n) is 13.4. The number of amides is 2. The predicted octanol–water partition coefficient (Wildman–Crippen LogP) is 4.07. The molecule has 0 aliphatic rings. The van der Waals surface area contributed by atoms with Crippen LogP contribution in [0.5, 0.6) is 0 Å². The molecule has 0 fully saturated rings. The Morgan fingerprint density at radius 3 is 2.71 bits per heavy atom. The van der Waals surface area contributed by atoms with E-state index in [4.69, 9.17) is 4.42 Å². The number of furan rings is 1. The van der Waals surface area contributed by atoms with Gasteiger partial charge in [-0.1, -0.05) is 36.4 Å². The minimum Gasteiger partial charge on any atom is -0.467 e. The molecule has 0 radical (unpaired) electrons. The Bertz CT molecular complexity index is 809. The lowest BCUT2D eigenvalue weighted by molar-refractivity contribution is 0.130. The molecule has 3 N–H and O–H groups in total. The summed E-state index contributed by atoms with van der Waals surface area (Å²) in [5, 5.41) is 17.8. The number of aliphatic hydroxyl groups is 1.